The molecule has 0 saturated carbocycles. The van der Waals surface area contributed by atoms with E-state index in [1.165, 1.54) is 11.3 Å². The predicted molar refractivity (Wildman–Crippen MR) is 98.4 cm³/mol. The second-order valence-electron chi connectivity index (χ2n) is 6.53. The Morgan fingerprint density at radius 2 is 1.88 bits per heavy atom. The maximum Gasteiger partial charge on any atom is 0.236 e. The van der Waals surface area contributed by atoms with Gasteiger partial charge in [0.1, 0.15) is 5.60 Å². The second kappa shape index (κ2) is 5.79. The van der Waals surface area contributed by atoms with Crippen molar-refractivity contribution in [1.82, 2.24) is 4.98 Å². The van der Waals surface area contributed by atoms with Gasteiger partial charge in [-0.05, 0) is 30.0 Å². The lowest BCUT2D eigenvalue weighted by atomic mass is 9.69. The Kier molecular flexibility index (Phi) is 3.71. The number of nitrogens with one attached hydrogen (secondary N) is 1. The van der Waals surface area contributed by atoms with Crippen molar-refractivity contribution in [2.75, 3.05) is 5.32 Å². The molecule has 4 rings (SSSR count). The van der Waals surface area contributed by atoms with Gasteiger partial charge in [0, 0.05) is 11.6 Å². The van der Waals surface area contributed by atoms with Crippen molar-refractivity contribution >= 4 is 22.4 Å². The largest absolute Gasteiger partial charge is 0.379 e. The number of anilines is 1. The zero-order chi connectivity index (χ0) is 17.5. The van der Waals surface area contributed by atoms with Crippen molar-refractivity contribution < 1.29 is 9.90 Å². The monoisotopic (exact) mass is 350 g/mol. The lowest BCUT2D eigenvalue weighted by Gasteiger charge is -2.39. The molecule has 4 nitrogen and oxygen atoms in total. The zero-order valence-corrected chi connectivity index (χ0v) is 14.6. The third-order valence-corrected chi connectivity index (χ3v) is 5.78. The van der Waals surface area contributed by atoms with Gasteiger partial charge in [-0.2, -0.15) is 0 Å². The van der Waals surface area contributed by atoms with E-state index in [1.807, 2.05) is 66.9 Å². The summed E-state index contributed by atoms with van der Waals surface area (Å²) >= 11 is 1.36. The van der Waals surface area contributed by atoms with Gasteiger partial charge in [0.25, 0.3) is 0 Å². The minimum atomic E-state index is -1.40. The molecule has 2 atom stereocenters. The molecule has 1 aromatic heterocycles. The molecule has 0 bridgehead atoms. The molecule has 0 aliphatic heterocycles. The van der Waals surface area contributed by atoms with Gasteiger partial charge in [-0.3, -0.25) is 4.79 Å². The number of aromatic nitrogens is 1. The van der Waals surface area contributed by atoms with Crippen molar-refractivity contribution in [3.05, 3.63) is 82.9 Å². The van der Waals surface area contributed by atoms with E-state index in [4.69, 9.17) is 0 Å². The minimum absolute atomic E-state index is 0.231. The number of aliphatic hydroxyl groups is 1. The molecule has 1 aliphatic rings. The summed E-state index contributed by atoms with van der Waals surface area (Å²) in [6.07, 6.45) is 2.11. The van der Waals surface area contributed by atoms with E-state index in [2.05, 4.69) is 10.3 Å². The van der Waals surface area contributed by atoms with E-state index in [1.54, 1.807) is 6.20 Å². The summed E-state index contributed by atoms with van der Waals surface area (Å²) in [5.74, 6) is -0.231. The van der Waals surface area contributed by atoms with E-state index in [9.17, 15) is 9.90 Å². The molecule has 25 heavy (non-hydrogen) atoms. The van der Waals surface area contributed by atoms with Crippen molar-refractivity contribution in [2.24, 2.45) is 5.41 Å². The Balaban J connectivity index is 1.85. The molecule has 2 aromatic carbocycles. The van der Waals surface area contributed by atoms with Crippen LogP contribution < -0.4 is 5.32 Å². The molecule has 1 amide bonds. The van der Waals surface area contributed by atoms with Crippen LogP contribution in [0.1, 0.15) is 23.6 Å². The van der Waals surface area contributed by atoms with Gasteiger partial charge in [-0.25, -0.2) is 4.98 Å². The molecule has 0 radical (unpaired) electrons. The van der Waals surface area contributed by atoms with Gasteiger partial charge in [0.05, 0.1) is 5.41 Å². The van der Waals surface area contributed by atoms with Crippen LogP contribution in [0.15, 0.2) is 66.2 Å². The van der Waals surface area contributed by atoms with Gasteiger partial charge in [0.15, 0.2) is 5.13 Å². The molecule has 0 spiro atoms. The lowest BCUT2D eigenvalue weighted by molar-refractivity contribution is -0.137. The first-order valence-corrected chi connectivity index (χ1v) is 9.01. The highest BCUT2D eigenvalue weighted by atomic mass is 32.1. The smallest absolute Gasteiger partial charge is 0.236 e. The SMILES string of the molecule is CC1(C(=O)Nc2nccs2)Cc2ccccc2C1(O)c1ccccc1. The lowest BCUT2D eigenvalue weighted by Crippen LogP contribution is -2.49. The fraction of sp³-hybridized carbons (Fsp3) is 0.200. The third-order valence-electron chi connectivity index (χ3n) is 5.10. The first-order chi connectivity index (χ1) is 12.1. The van der Waals surface area contributed by atoms with Gasteiger partial charge in [0.2, 0.25) is 5.91 Å². The number of hydrogen-bond donors (Lipinski definition) is 2. The molecule has 0 saturated heterocycles. The van der Waals surface area contributed by atoms with Crippen LogP contribution in [0.3, 0.4) is 0 Å². The highest BCUT2D eigenvalue weighted by Crippen LogP contribution is 2.54. The number of hydrogen-bond acceptors (Lipinski definition) is 4. The molecule has 3 aromatic rings. The number of fused-ring (bicyclic) bond motifs is 1. The Morgan fingerprint density at radius 3 is 2.60 bits per heavy atom. The van der Waals surface area contributed by atoms with E-state index in [0.29, 0.717) is 11.6 Å². The highest BCUT2D eigenvalue weighted by molar-refractivity contribution is 7.13. The molecule has 2 unspecified atom stereocenters. The predicted octanol–water partition coefficient (Wildman–Crippen LogP) is 3.58. The van der Waals surface area contributed by atoms with Crippen LogP contribution in [0.4, 0.5) is 5.13 Å². The summed E-state index contributed by atoms with van der Waals surface area (Å²) in [5.41, 5.74) is 0.0657. The Hall–Kier alpha value is -2.50. The summed E-state index contributed by atoms with van der Waals surface area (Å²) in [6.45, 7) is 1.82. The van der Waals surface area contributed by atoms with Crippen molar-refractivity contribution in [3.63, 3.8) is 0 Å². The maximum absolute atomic E-state index is 13.2. The molecular weight excluding hydrogens is 332 g/mol. The van der Waals surface area contributed by atoms with Gasteiger partial charge < -0.3 is 10.4 Å². The van der Waals surface area contributed by atoms with Gasteiger partial charge in [-0.1, -0.05) is 54.6 Å². The molecule has 0 fully saturated rings. The summed E-state index contributed by atoms with van der Waals surface area (Å²) in [6, 6.07) is 17.1. The number of thiazole rings is 1. The van der Waals surface area contributed by atoms with Crippen LogP contribution in [-0.4, -0.2) is 16.0 Å². The summed E-state index contributed by atoms with van der Waals surface area (Å²) in [5, 5.41) is 17.1. The molecule has 5 heteroatoms. The quantitative estimate of drug-likeness (QED) is 0.759. The van der Waals surface area contributed by atoms with Crippen LogP contribution >= 0.6 is 11.3 Å². The first-order valence-electron chi connectivity index (χ1n) is 8.13. The van der Waals surface area contributed by atoms with Crippen LogP contribution in [0.25, 0.3) is 0 Å². The Bertz CT molecular complexity index is 910. The molecule has 1 heterocycles. The van der Waals surface area contributed by atoms with E-state index >= 15 is 0 Å². The van der Waals surface area contributed by atoms with Gasteiger partial charge >= 0.3 is 0 Å². The van der Waals surface area contributed by atoms with Crippen molar-refractivity contribution in [3.8, 4) is 0 Å². The average molecular weight is 350 g/mol. The first kappa shape index (κ1) is 16.0. The average Bonchev–Trinajstić information content (AvgIpc) is 3.22. The van der Waals surface area contributed by atoms with Crippen LogP contribution in [0.5, 0.6) is 0 Å². The standard InChI is InChI=1S/C20H18N2O2S/c1-19(17(23)22-18-21-11-12-25-18)13-14-7-5-6-10-16(14)20(19,24)15-8-3-2-4-9-15/h2-12,24H,13H2,1H3,(H,21,22,23). The molecular formula is C20H18N2O2S. The zero-order valence-electron chi connectivity index (χ0n) is 13.8. The molecule has 126 valence electrons. The number of nitrogens with zero attached hydrogens (tertiary/aromatic N) is 1. The van der Waals surface area contributed by atoms with Crippen molar-refractivity contribution in [1.29, 1.82) is 0 Å². The number of amides is 1. The van der Waals surface area contributed by atoms with Crippen molar-refractivity contribution in [2.45, 2.75) is 18.9 Å². The Labute approximate surface area is 150 Å². The fourth-order valence-corrected chi connectivity index (χ4v) is 4.28. The third kappa shape index (κ3) is 2.31. The normalized spacial score (nSPS) is 24.7. The summed E-state index contributed by atoms with van der Waals surface area (Å²) in [7, 11) is 0. The molecule has 2 N–H and O–H groups in total. The fourth-order valence-electron chi connectivity index (χ4n) is 3.75. The van der Waals surface area contributed by atoms with E-state index in [0.717, 1.165) is 16.7 Å². The Morgan fingerprint density at radius 1 is 1.16 bits per heavy atom. The summed E-state index contributed by atoms with van der Waals surface area (Å²) < 4.78 is 0. The summed E-state index contributed by atoms with van der Waals surface area (Å²) in [4.78, 5) is 17.3. The van der Waals surface area contributed by atoms with E-state index < -0.39 is 11.0 Å². The van der Waals surface area contributed by atoms with Crippen LogP contribution in [0, 0.1) is 5.41 Å². The number of benzene rings is 2. The second-order valence-corrected chi connectivity index (χ2v) is 7.43. The van der Waals surface area contributed by atoms with Gasteiger partial charge in [-0.15, -0.1) is 11.3 Å². The minimum Gasteiger partial charge on any atom is -0.379 e. The topological polar surface area (TPSA) is 62.2 Å². The molecule has 1 aliphatic carbocycles. The number of carbonyl (C=O) groups is 1. The van der Waals surface area contributed by atoms with Crippen LogP contribution in [0.2, 0.25) is 0 Å². The highest BCUT2D eigenvalue weighted by Gasteiger charge is 2.59. The van der Waals surface area contributed by atoms with E-state index in [-0.39, 0.29) is 5.91 Å². The number of rotatable bonds is 3. The maximum atomic E-state index is 13.2. The van der Waals surface area contributed by atoms with Crippen LogP contribution in [-0.2, 0) is 16.8 Å². The number of carbonyl (C=O) groups excluding carboxylic acids is 1.